The van der Waals surface area contributed by atoms with Crippen molar-refractivity contribution in [1.29, 1.82) is 0 Å². The molecule has 0 aliphatic carbocycles. The first-order chi connectivity index (χ1) is 12.7. The second kappa shape index (κ2) is 6.96. The Balaban J connectivity index is 1.52. The monoisotopic (exact) mass is 340 g/mol. The fraction of sp³-hybridized carbons (Fsp3) is 0.130. The second-order valence-corrected chi connectivity index (χ2v) is 6.64. The zero-order valence-corrected chi connectivity index (χ0v) is 14.7. The van der Waals surface area contributed by atoms with Gasteiger partial charge in [-0.3, -0.25) is 9.79 Å². The van der Waals surface area contributed by atoms with Crippen LogP contribution in [0.1, 0.15) is 32.6 Å². The summed E-state index contributed by atoms with van der Waals surface area (Å²) in [5.74, 6) is -0.0592. The third-order valence-corrected chi connectivity index (χ3v) is 4.63. The SMILES string of the molecule is Cc1cccc(CNC(=O)c2cccc(-c3ccc4c(c3)C=NC4)c2)c1. The molecule has 0 radical (unpaired) electrons. The van der Waals surface area contributed by atoms with Crippen LogP contribution in [0.15, 0.2) is 71.7 Å². The van der Waals surface area contributed by atoms with E-state index in [-0.39, 0.29) is 5.91 Å². The lowest BCUT2D eigenvalue weighted by Gasteiger charge is -2.09. The molecule has 128 valence electrons. The minimum atomic E-state index is -0.0592. The summed E-state index contributed by atoms with van der Waals surface area (Å²) in [7, 11) is 0. The Labute approximate surface area is 153 Å². The van der Waals surface area contributed by atoms with E-state index in [1.54, 1.807) is 0 Å². The van der Waals surface area contributed by atoms with Crippen LogP contribution in [0.5, 0.6) is 0 Å². The van der Waals surface area contributed by atoms with Crippen molar-refractivity contribution in [3.05, 3.63) is 94.5 Å². The van der Waals surface area contributed by atoms with Crippen molar-refractivity contribution in [2.45, 2.75) is 20.0 Å². The maximum absolute atomic E-state index is 12.5. The van der Waals surface area contributed by atoms with Crippen LogP contribution in [-0.2, 0) is 13.1 Å². The zero-order chi connectivity index (χ0) is 17.9. The molecular formula is C23H20N2O. The Morgan fingerprint density at radius 2 is 1.85 bits per heavy atom. The van der Waals surface area contributed by atoms with Crippen molar-refractivity contribution in [3.63, 3.8) is 0 Å². The molecule has 3 heteroatoms. The lowest BCUT2D eigenvalue weighted by molar-refractivity contribution is 0.0951. The van der Waals surface area contributed by atoms with E-state index in [2.05, 4.69) is 47.6 Å². The first kappa shape index (κ1) is 16.3. The molecule has 3 nitrogen and oxygen atoms in total. The zero-order valence-electron chi connectivity index (χ0n) is 14.7. The number of hydrogen-bond donors (Lipinski definition) is 1. The summed E-state index contributed by atoms with van der Waals surface area (Å²) in [6, 6.07) is 22.3. The number of fused-ring (bicyclic) bond motifs is 1. The minimum absolute atomic E-state index is 0.0592. The average Bonchev–Trinajstić information content (AvgIpc) is 3.14. The fourth-order valence-electron chi connectivity index (χ4n) is 3.23. The lowest BCUT2D eigenvalue weighted by atomic mass is 9.99. The van der Waals surface area contributed by atoms with Crippen molar-refractivity contribution in [1.82, 2.24) is 5.32 Å². The van der Waals surface area contributed by atoms with Crippen LogP contribution >= 0.6 is 0 Å². The molecule has 0 atom stereocenters. The van der Waals surface area contributed by atoms with Gasteiger partial charge in [-0.2, -0.15) is 0 Å². The molecule has 0 saturated heterocycles. The molecule has 0 bridgehead atoms. The van der Waals surface area contributed by atoms with Crippen molar-refractivity contribution in [2.24, 2.45) is 4.99 Å². The maximum Gasteiger partial charge on any atom is 0.251 e. The molecule has 4 rings (SSSR count). The number of aliphatic imine (C=N–C) groups is 1. The number of benzene rings is 3. The Morgan fingerprint density at radius 3 is 2.73 bits per heavy atom. The summed E-state index contributed by atoms with van der Waals surface area (Å²) in [6.45, 7) is 3.34. The molecule has 1 heterocycles. The highest BCUT2D eigenvalue weighted by Crippen LogP contribution is 2.25. The number of amides is 1. The van der Waals surface area contributed by atoms with Gasteiger partial charge in [0.15, 0.2) is 0 Å². The standard InChI is InChI=1S/C23H20N2O/c1-16-4-2-5-17(10-16)13-25-23(26)20-7-3-6-18(11-20)19-8-9-21-14-24-15-22(21)12-19/h2-12,15H,13-14H2,1H3,(H,25,26). The number of aryl methyl sites for hydroxylation is 1. The van der Waals surface area contributed by atoms with Gasteiger partial charge in [0.1, 0.15) is 0 Å². The van der Waals surface area contributed by atoms with Crippen LogP contribution in [-0.4, -0.2) is 12.1 Å². The van der Waals surface area contributed by atoms with E-state index in [0.29, 0.717) is 12.1 Å². The molecule has 0 saturated carbocycles. The summed E-state index contributed by atoms with van der Waals surface area (Å²) < 4.78 is 0. The number of nitrogens with zero attached hydrogens (tertiary/aromatic N) is 1. The largest absolute Gasteiger partial charge is 0.348 e. The van der Waals surface area contributed by atoms with Crippen LogP contribution in [0, 0.1) is 6.92 Å². The van der Waals surface area contributed by atoms with E-state index in [1.165, 1.54) is 11.1 Å². The van der Waals surface area contributed by atoms with E-state index in [4.69, 9.17) is 0 Å². The summed E-state index contributed by atoms with van der Waals surface area (Å²) in [4.78, 5) is 16.8. The predicted octanol–water partition coefficient (Wildman–Crippen LogP) is 4.52. The van der Waals surface area contributed by atoms with Crippen LogP contribution < -0.4 is 5.32 Å². The van der Waals surface area contributed by atoms with E-state index >= 15 is 0 Å². The topological polar surface area (TPSA) is 41.5 Å². The molecule has 3 aromatic rings. The first-order valence-electron chi connectivity index (χ1n) is 8.76. The van der Waals surface area contributed by atoms with Gasteiger partial charge in [-0.1, -0.05) is 54.1 Å². The van der Waals surface area contributed by atoms with Gasteiger partial charge in [0.05, 0.1) is 6.54 Å². The maximum atomic E-state index is 12.5. The van der Waals surface area contributed by atoms with Crippen LogP contribution in [0.25, 0.3) is 11.1 Å². The Bertz CT molecular complexity index is 1000. The van der Waals surface area contributed by atoms with Crippen molar-refractivity contribution in [2.75, 3.05) is 0 Å². The summed E-state index contributed by atoms with van der Waals surface area (Å²) in [6.07, 6.45) is 1.91. The number of hydrogen-bond acceptors (Lipinski definition) is 2. The summed E-state index contributed by atoms with van der Waals surface area (Å²) in [5.41, 5.74) is 7.52. The molecule has 3 aromatic carbocycles. The minimum Gasteiger partial charge on any atom is -0.348 e. The molecular weight excluding hydrogens is 320 g/mol. The number of rotatable bonds is 4. The Morgan fingerprint density at radius 1 is 1.00 bits per heavy atom. The number of carbonyl (C=O) groups is 1. The Hall–Kier alpha value is -3.20. The van der Waals surface area contributed by atoms with Crippen molar-refractivity contribution < 1.29 is 4.79 Å². The smallest absolute Gasteiger partial charge is 0.251 e. The third-order valence-electron chi connectivity index (χ3n) is 4.63. The molecule has 0 aromatic heterocycles. The van der Waals surface area contributed by atoms with E-state index < -0.39 is 0 Å². The lowest BCUT2D eigenvalue weighted by Crippen LogP contribution is -2.22. The highest BCUT2D eigenvalue weighted by atomic mass is 16.1. The van der Waals surface area contributed by atoms with Crippen molar-refractivity contribution >= 4 is 12.1 Å². The fourth-order valence-corrected chi connectivity index (χ4v) is 3.23. The molecule has 1 N–H and O–H groups in total. The Kier molecular flexibility index (Phi) is 4.36. The number of nitrogens with one attached hydrogen (secondary N) is 1. The highest BCUT2D eigenvalue weighted by Gasteiger charge is 2.10. The van der Waals surface area contributed by atoms with E-state index in [1.807, 2.05) is 42.6 Å². The second-order valence-electron chi connectivity index (χ2n) is 6.64. The van der Waals surface area contributed by atoms with Gasteiger partial charge in [0.25, 0.3) is 5.91 Å². The summed E-state index contributed by atoms with van der Waals surface area (Å²) >= 11 is 0. The van der Waals surface area contributed by atoms with Gasteiger partial charge in [0, 0.05) is 18.3 Å². The number of carbonyl (C=O) groups excluding carboxylic acids is 1. The summed E-state index contributed by atoms with van der Waals surface area (Å²) in [5, 5.41) is 3.00. The molecule has 1 aliphatic rings. The van der Waals surface area contributed by atoms with Gasteiger partial charge in [-0.25, -0.2) is 0 Å². The molecule has 26 heavy (non-hydrogen) atoms. The highest BCUT2D eigenvalue weighted by molar-refractivity contribution is 5.95. The third kappa shape index (κ3) is 3.42. The van der Waals surface area contributed by atoms with Crippen LogP contribution in [0.2, 0.25) is 0 Å². The first-order valence-corrected chi connectivity index (χ1v) is 8.76. The van der Waals surface area contributed by atoms with Gasteiger partial charge >= 0.3 is 0 Å². The van der Waals surface area contributed by atoms with Gasteiger partial charge in [-0.15, -0.1) is 0 Å². The quantitative estimate of drug-likeness (QED) is 0.745. The average molecular weight is 340 g/mol. The van der Waals surface area contributed by atoms with Crippen LogP contribution in [0.3, 0.4) is 0 Å². The van der Waals surface area contributed by atoms with Gasteiger partial charge < -0.3 is 5.32 Å². The predicted molar refractivity (Wildman–Crippen MR) is 106 cm³/mol. The van der Waals surface area contributed by atoms with Gasteiger partial charge in [0.2, 0.25) is 0 Å². The normalized spacial score (nSPS) is 12.0. The molecule has 1 amide bonds. The van der Waals surface area contributed by atoms with Gasteiger partial charge in [-0.05, 0) is 52.9 Å². The molecule has 0 spiro atoms. The van der Waals surface area contributed by atoms with Crippen LogP contribution in [0.4, 0.5) is 0 Å². The molecule has 1 aliphatic heterocycles. The van der Waals surface area contributed by atoms with E-state index in [0.717, 1.165) is 28.8 Å². The van der Waals surface area contributed by atoms with E-state index in [9.17, 15) is 4.79 Å². The van der Waals surface area contributed by atoms with Crippen molar-refractivity contribution in [3.8, 4) is 11.1 Å². The molecule has 0 unspecified atom stereocenters. The molecule has 0 fully saturated rings.